The molecule has 1 N–H and O–H groups in total. The van der Waals surface area contributed by atoms with E-state index >= 15 is 13.2 Å². The van der Waals surface area contributed by atoms with Gasteiger partial charge >= 0.3 is 12.4 Å². The van der Waals surface area contributed by atoms with E-state index in [1.54, 1.807) is 0 Å². The average molecular weight is 570 g/mol. The molecule has 1 aliphatic rings. The number of nitrogens with zero attached hydrogens (tertiary/aromatic N) is 4. The van der Waals surface area contributed by atoms with Crippen molar-refractivity contribution in [2.24, 2.45) is 7.05 Å². The van der Waals surface area contributed by atoms with E-state index in [9.17, 15) is 22.2 Å². The summed E-state index contributed by atoms with van der Waals surface area (Å²) < 4.78 is 102. The largest absolute Gasteiger partial charge is 0.434 e. The van der Waals surface area contributed by atoms with Crippen LogP contribution in [0, 0.1) is 0 Å². The Morgan fingerprint density at radius 1 is 1.14 bits per heavy atom. The second-order valence-electron chi connectivity index (χ2n) is 9.78. The van der Waals surface area contributed by atoms with E-state index < -0.39 is 61.2 Å². The van der Waals surface area contributed by atoms with Gasteiger partial charge in [0.05, 0.1) is 26.4 Å². The summed E-state index contributed by atoms with van der Waals surface area (Å²) in [5, 5.41) is 2.76. The van der Waals surface area contributed by atoms with Gasteiger partial charge in [-0.3, -0.25) is 9.48 Å². The van der Waals surface area contributed by atoms with Gasteiger partial charge in [0.25, 0.3) is 5.56 Å². The van der Waals surface area contributed by atoms with Crippen LogP contribution in [-0.2, 0) is 29.7 Å². The first-order chi connectivity index (χ1) is 16.9. The van der Waals surface area contributed by atoms with Gasteiger partial charge in [-0.1, -0.05) is 11.6 Å². The molecule has 202 valence electrons. The summed E-state index contributed by atoms with van der Waals surface area (Å²) in [4.78, 5) is 16.2. The summed E-state index contributed by atoms with van der Waals surface area (Å²) in [5.74, 6) is 0. The van der Waals surface area contributed by atoms with E-state index in [1.165, 1.54) is 37.6 Å². The molecule has 0 radical (unpaired) electrons. The van der Waals surface area contributed by atoms with Crippen LogP contribution in [0.4, 0.5) is 26.3 Å². The molecule has 7 nitrogen and oxygen atoms in total. The highest BCUT2D eigenvalue weighted by Gasteiger charge is 2.62. The van der Waals surface area contributed by atoms with Crippen LogP contribution >= 0.6 is 11.6 Å². The molecule has 0 amide bonds. The summed E-state index contributed by atoms with van der Waals surface area (Å²) >= 11 is 5.77. The molecule has 0 bridgehead atoms. The molecule has 2 atom stereocenters. The van der Waals surface area contributed by atoms with Crippen molar-refractivity contribution in [3.05, 3.63) is 56.9 Å². The third-order valence-electron chi connectivity index (χ3n) is 5.99. The van der Waals surface area contributed by atoms with E-state index in [-0.39, 0.29) is 16.9 Å². The second kappa shape index (κ2) is 8.80. The van der Waals surface area contributed by atoms with E-state index in [0.29, 0.717) is 12.3 Å². The van der Waals surface area contributed by atoms with Crippen molar-refractivity contribution in [2.75, 3.05) is 0 Å². The molecule has 15 heteroatoms. The maximum atomic E-state index is 15.3. The van der Waals surface area contributed by atoms with Crippen LogP contribution in [0.2, 0.25) is 5.02 Å². The molecule has 0 saturated heterocycles. The van der Waals surface area contributed by atoms with E-state index in [0.717, 1.165) is 24.6 Å². The first-order valence-electron chi connectivity index (χ1n) is 11.0. The van der Waals surface area contributed by atoms with E-state index in [2.05, 4.69) is 14.8 Å². The van der Waals surface area contributed by atoms with Gasteiger partial charge < -0.3 is 4.57 Å². The van der Waals surface area contributed by atoms with Gasteiger partial charge in [0.2, 0.25) is 0 Å². The number of pyridine rings is 2. The monoisotopic (exact) mass is 569 g/mol. The number of aromatic nitrogens is 4. The van der Waals surface area contributed by atoms with Crippen molar-refractivity contribution in [3.63, 3.8) is 0 Å². The molecule has 37 heavy (non-hydrogen) atoms. The molecule has 1 aliphatic carbocycles. The van der Waals surface area contributed by atoms with E-state index in [1.807, 2.05) is 0 Å². The SMILES string of the molecule is Cn1nc2c(=O)n(C3CC3)ccc2c1C(NS(=O)C(C)(C)C)(c1cnc(C(F)(F)F)c(Cl)c1)C(F)(F)F. The van der Waals surface area contributed by atoms with Gasteiger partial charge in [-0.2, -0.15) is 31.4 Å². The molecular formula is C22H22ClF6N5O2S. The zero-order chi connectivity index (χ0) is 27.7. The van der Waals surface area contributed by atoms with Crippen molar-refractivity contribution in [2.45, 2.75) is 62.3 Å². The van der Waals surface area contributed by atoms with Crippen LogP contribution in [0.5, 0.6) is 0 Å². The smallest absolute Gasteiger partial charge is 0.311 e. The normalized spacial score (nSPS) is 17.7. The highest BCUT2D eigenvalue weighted by molar-refractivity contribution is 7.84. The first-order valence-corrected chi connectivity index (χ1v) is 12.5. The molecule has 0 aromatic carbocycles. The van der Waals surface area contributed by atoms with Crippen LogP contribution in [0.15, 0.2) is 29.3 Å². The van der Waals surface area contributed by atoms with Gasteiger partial charge in [-0.05, 0) is 45.7 Å². The molecule has 0 spiro atoms. The Hall–Kier alpha value is -2.45. The van der Waals surface area contributed by atoms with Gasteiger partial charge in [-0.15, -0.1) is 0 Å². The Bertz CT molecular complexity index is 1460. The number of fused-ring (bicyclic) bond motifs is 1. The van der Waals surface area contributed by atoms with Crippen molar-refractivity contribution in [3.8, 4) is 0 Å². The highest BCUT2D eigenvalue weighted by atomic mass is 35.5. The number of hydrogen-bond acceptors (Lipinski definition) is 4. The maximum Gasteiger partial charge on any atom is 0.434 e. The minimum atomic E-state index is -5.31. The minimum absolute atomic E-state index is 0.0841. The van der Waals surface area contributed by atoms with Crippen molar-refractivity contribution in [1.29, 1.82) is 0 Å². The lowest BCUT2D eigenvalue weighted by Crippen LogP contribution is -2.58. The van der Waals surface area contributed by atoms with Gasteiger partial charge in [-0.25, -0.2) is 13.9 Å². The highest BCUT2D eigenvalue weighted by Crippen LogP contribution is 2.48. The number of rotatable bonds is 5. The average Bonchev–Trinajstić information content (AvgIpc) is 3.52. The van der Waals surface area contributed by atoms with Crippen molar-refractivity contribution in [1.82, 2.24) is 24.1 Å². The lowest BCUT2D eigenvalue weighted by Gasteiger charge is -2.38. The lowest BCUT2D eigenvalue weighted by molar-refractivity contribution is -0.183. The fourth-order valence-electron chi connectivity index (χ4n) is 4.03. The maximum absolute atomic E-state index is 15.3. The molecular weight excluding hydrogens is 548 g/mol. The Morgan fingerprint density at radius 3 is 2.24 bits per heavy atom. The fourth-order valence-corrected chi connectivity index (χ4v) is 5.22. The predicted octanol–water partition coefficient (Wildman–Crippen LogP) is 4.99. The molecule has 1 saturated carbocycles. The van der Waals surface area contributed by atoms with Crippen molar-refractivity contribution < 1.29 is 30.6 Å². The Labute approximate surface area is 214 Å². The van der Waals surface area contributed by atoms with Gasteiger partial charge in [0.15, 0.2) is 16.7 Å². The molecule has 3 aromatic rings. The Balaban J connectivity index is 2.10. The van der Waals surface area contributed by atoms with E-state index in [4.69, 9.17) is 11.6 Å². The van der Waals surface area contributed by atoms with Crippen LogP contribution in [0.25, 0.3) is 10.9 Å². The van der Waals surface area contributed by atoms with Crippen molar-refractivity contribution >= 4 is 33.5 Å². The molecule has 1 fully saturated rings. The number of alkyl halides is 6. The number of nitrogens with one attached hydrogen (secondary N) is 1. The molecule has 3 aromatic heterocycles. The molecule has 3 heterocycles. The molecule has 4 rings (SSSR count). The third kappa shape index (κ3) is 4.67. The molecule has 2 unspecified atom stereocenters. The third-order valence-corrected chi connectivity index (χ3v) is 7.88. The van der Waals surface area contributed by atoms with Crippen LogP contribution < -0.4 is 10.3 Å². The van der Waals surface area contributed by atoms with Gasteiger partial charge in [0, 0.05) is 36.4 Å². The standard InChI is InChI=1S/C22H22ClF6N5O2S/c1-19(2,3)37(36)32-20(22(27,28)29,11-9-14(23)16(30-10-11)21(24,25)26)17-13-7-8-34(12-5-6-12)18(35)15(13)31-33(17)4/h7-10,12,32H,5-6H2,1-4H3. The van der Waals surface area contributed by atoms with Crippen LogP contribution in [0.3, 0.4) is 0 Å². The number of halogens is 7. The zero-order valence-electron chi connectivity index (χ0n) is 20.0. The quantitative estimate of drug-likeness (QED) is 0.439. The van der Waals surface area contributed by atoms with Gasteiger partial charge in [0.1, 0.15) is 0 Å². The lowest BCUT2D eigenvalue weighted by atomic mass is 9.85. The minimum Gasteiger partial charge on any atom is -0.311 e. The first kappa shape index (κ1) is 27.6. The second-order valence-corrected chi connectivity index (χ2v) is 12.2. The Morgan fingerprint density at radius 2 is 1.76 bits per heavy atom. The summed E-state index contributed by atoms with van der Waals surface area (Å²) in [5.41, 5.74) is -7.37. The topological polar surface area (TPSA) is 81.8 Å². The fraction of sp³-hybridized carbons (Fsp3) is 0.500. The number of aryl methyl sites for hydroxylation is 1. The molecule has 0 aliphatic heterocycles. The number of hydrogen-bond donors (Lipinski definition) is 1. The zero-order valence-corrected chi connectivity index (χ0v) is 21.5. The summed E-state index contributed by atoms with van der Waals surface area (Å²) in [7, 11) is -1.25. The summed E-state index contributed by atoms with van der Waals surface area (Å²) in [6.07, 6.45) is -7.12. The Kier molecular flexibility index (Phi) is 6.56. The summed E-state index contributed by atoms with van der Waals surface area (Å²) in [6, 6.07) is 1.69. The summed E-state index contributed by atoms with van der Waals surface area (Å²) in [6.45, 7) is 4.26. The van der Waals surface area contributed by atoms with Crippen LogP contribution in [-0.4, -0.2) is 34.5 Å². The predicted molar refractivity (Wildman–Crippen MR) is 125 cm³/mol. The van der Waals surface area contributed by atoms with Crippen LogP contribution in [0.1, 0.15) is 56.6 Å².